The highest BCUT2D eigenvalue weighted by Gasteiger charge is 2.40. The molecule has 3 aromatic rings. The number of hydrogen-bond acceptors (Lipinski definition) is 5. The highest BCUT2D eigenvalue weighted by Crippen LogP contribution is 2.44. The van der Waals surface area contributed by atoms with Crippen molar-refractivity contribution in [3.63, 3.8) is 0 Å². The van der Waals surface area contributed by atoms with Gasteiger partial charge in [-0.25, -0.2) is 0 Å². The molecule has 3 heterocycles. The molecule has 0 atom stereocenters. The Morgan fingerprint density at radius 3 is 2.53 bits per heavy atom. The third kappa shape index (κ3) is 2.99. The number of amides is 1. The predicted molar refractivity (Wildman–Crippen MR) is 130 cm³/mol. The SMILES string of the molecule is CC1(C)c2cc(N3CCN(C(=O)C4CNC4)CC3)ccc2C(=O)c2c1[nH]c1cc(C#N)ccc21. The van der Waals surface area contributed by atoms with Crippen molar-refractivity contribution >= 4 is 28.3 Å². The summed E-state index contributed by atoms with van der Waals surface area (Å²) in [6.07, 6.45) is 0. The second-order valence-electron chi connectivity index (χ2n) is 10.1. The van der Waals surface area contributed by atoms with Gasteiger partial charge in [-0.2, -0.15) is 5.26 Å². The van der Waals surface area contributed by atoms with E-state index in [4.69, 9.17) is 0 Å². The number of H-pyrrole nitrogens is 1. The van der Waals surface area contributed by atoms with E-state index in [1.807, 2.05) is 29.2 Å². The lowest BCUT2D eigenvalue weighted by Crippen LogP contribution is -2.56. The Hall–Kier alpha value is -3.63. The number of rotatable bonds is 2. The van der Waals surface area contributed by atoms with Crippen LogP contribution in [0.2, 0.25) is 0 Å². The summed E-state index contributed by atoms with van der Waals surface area (Å²) in [5, 5.41) is 13.3. The molecule has 2 aliphatic heterocycles. The van der Waals surface area contributed by atoms with Crippen LogP contribution < -0.4 is 10.2 Å². The Morgan fingerprint density at radius 2 is 1.85 bits per heavy atom. The van der Waals surface area contributed by atoms with Crippen molar-refractivity contribution in [3.8, 4) is 6.07 Å². The number of nitrogens with one attached hydrogen (secondary N) is 2. The zero-order valence-corrected chi connectivity index (χ0v) is 19.4. The smallest absolute Gasteiger partial charge is 0.228 e. The maximum atomic E-state index is 13.6. The van der Waals surface area contributed by atoms with Gasteiger partial charge in [-0.1, -0.05) is 19.9 Å². The molecule has 7 nitrogen and oxygen atoms in total. The van der Waals surface area contributed by atoms with Crippen molar-refractivity contribution in [2.75, 3.05) is 44.2 Å². The fourth-order valence-electron chi connectivity index (χ4n) is 5.59. The van der Waals surface area contributed by atoms with Crippen molar-refractivity contribution < 1.29 is 9.59 Å². The standard InChI is InChI=1S/C27H27N5O2/c1-27(2)21-12-18(31-7-9-32(10-8-31)26(34)17-14-29-15-17)4-6-19(21)24(33)23-20-5-3-16(13-28)11-22(20)30-25(23)27/h3-6,11-12,17,29-30H,7-10,14-15H2,1-2H3. The summed E-state index contributed by atoms with van der Waals surface area (Å²) in [6.45, 7) is 8.89. The number of ketones is 1. The molecule has 2 fully saturated rings. The van der Waals surface area contributed by atoms with Gasteiger partial charge in [0.2, 0.25) is 5.91 Å². The molecule has 7 heteroatoms. The molecule has 2 aromatic carbocycles. The summed E-state index contributed by atoms with van der Waals surface area (Å²) in [5.41, 5.74) is 5.44. The van der Waals surface area contributed by atoms with Crippen LogP contribution in [0.1, 0.15) is 46.6 Å². The van der Waals surface area contributed by atoms with E-state index in [1.54, 1.807) is 6.07 Å². The van der Waals surface area contributed by atoms with Gasteiger partial charge in [0.15, 0.2) is 5.78 Å². The maximum Gasteiger partial charge on any atom is 0.228 e. The number of aromatic amines is 1. The van der Waals surface area contributed by atoms with Gasteiger partial charge < -0.3 is 20.1 Å². The summed E-state index contributed by atoms with van der Waals surface area (Å²) in [7, 11) is 0. The number of hydrogen-bond donors (Lipinski definition) is 2. The van der Waals surface area contributed by atoms with Crippen molar-refractivity contribution in [1.82, 2.24) is 15.2 Å². The monoisotopic (exact) mass is 453 g/mol. The van der Waals surface area contributed by atoms with Gasteiger partial charge in [0, 0.05) is 72.5 Å². The minimum absolute atomic E-state index is 0.0244. The van der Waals surface area contributed by atoms with Gasteiger partial charge in [0.1, 0.15) is 0 Å². The number of benzene rings is 2. The van der Waals surface area contributed by atoms with E-state index in [9.17, 15) is 14.9 Å². The molecule has 3 aliphatic rings. The average Bonchev–Trinajstić information content (AvgIpc) is 3.21. The van der Waals surface area contributed by atoms with Gasteiger partial charge >= 0.3 is 0 Å². The number of piperazine rings is 1. The molecule has 2 N–H and O–H groups in total. The fraction of sp³-hybridized carbons (Fsp3) is 0.370. The molecule has 0 spiro atoms. The third-order valence-electron chi connectivity index (χ3n) is 7.79. The number of carbonyl (C=O) groups excluding carboxylic acids is 2. The Balaban J connectivity index is 1.32. The van der Waals surface area contributed by atoms with E-state index in [0.29, 0.717) is 11.1 Å². The van der Waals surface area contributed by atoms with E-state index >= 15 is 0 Å². The number of aromatic nitrogens is 1. The molecular weight excluding hydrogens is 426 g/mol. The normalized spacial score (nSPS) is 19.4. The zero-order valence-electron chi connectivity index (χ0n) is 19.4. The number of anilines is 1. The van der Waals surface area contributed by atoms with Crippen LogP contribution in [0.5, 0.6) is 0 Å². The van der Waals surface area contributed by atoms with Crippen molar-refractivity contribution in [2.45, 2.75) is 19.3 Å². The lowest BCUT2D eigenvalue weighted by atomic mass is 9.71. The summed E-state index contributed by atoms with van der Waals surface area (Å²) < 4.78 is 0. The molecule has 172 valence electrons. The number of nitriles is 1. The first-order valence-corrected chi connectivity index (χ1v) is 11.9. The molecule has 2 saturated heterocycles. The Bertz CT molecular complexity index is 1380. The van der Waals surface area contributed by atoms with Crippen molar-refractivity contribution in [2.24, 2.45) is 5.92 Å². The van der Waals surface area contributed by atoms with Crippen LogP contribution in [0, 0.1) is 17.2 Å². The van der Waals surface area contributed by atoms with E-state index in [1.165, 1.54) is 0 Å². The zero-order chi connectivity index (χ0) is 23.6. The Kier molecular flexibility index (Phi) is 4.58. The number of carbonyl (C=O) groups is 2. The molecule has 0 radical (unpaired) electrons. The van der Waals surface area contributed by atoms with Crippen molar-refractivity contribution in [3.05, 3.63) is 64.3 Å². The topological polar surface area (TPSA) is 92.2 Å². The second kappa shape index (κ2) is 7.44. The van der Waals surface area contributed by atoms with Gasteiger partial charge in [-0.15, -0.1) is 0 Å². The predicted octanol–water partition coefficient (Wildman–Crippen LogP) is 2.78. The number of fused-ring (bicyclic) bond motifs is 4. The maximum absolute atomic E-state index is 13.6. The van der Waals surface area contributed by atoms with Gasteiger partial charge in [-0.3, -0.25) is 9.59 Å². The summed E-state index contributed by atoms with van der Waals surface area (Å²) in [5.74, 6) is 0.426. The van der Waals surface area contributed by atoms with Gasteiger partial charge in [-0.05, 0) is 35.9 Å². The highest BCUT2D eigenvalue weighted by molar-refractivity contribution is 6.20. The van der Waals surface area contributed by atoms with Gasteiger partial charge in [0.25, 0.3) is 0 Å². The molecule has 0 unspecified atom stereocenters. The molecule has 0 saturated carbocycles. The molecule has 6 rings (SSSR count). The minimum atomic E-state index is -0.393. The molecule has 1 aromatic heterocycles. The lowest BCUT2D eigenvalue weighted by Gasteiger charge is -2.40. The molecule has 1 aliphatic carbocycles. The Morgan fingerprint density at radius 1 is 1.09 bits per heavy atom. The fourth-order valence-corrected chi connectivity index (χ4v) is 5.59. The third-order valence-corrected chi connectivity index (χ3v) is 7.79. The van der Waals surface area contributed by atoms with Crippen LogP contribution in [0.25, 0.3) is 10.9 Å². The van der Waals surface area contributed by atoms with E-state index in [0.717, 1.165) is 72.7 Å². The van der Waals surface area contributed by atoms with Crippen LogP contribution in [0.3, 0.4) is 0 Å². The molecule has 0 bridgehead atoms. The first-order valence-electron chi connectivity index (χ1n) is 11.9. The largest absolute Gasteiger partial charge is 0.368 e. The van der Waals surface area contributed by atoms with Crippen LogP contribution >= 0.6 is 0 Å². The first-order chi connectivity index (χ1) is 16.4. The lowest BCUT2D eigenvalue weighted by molar-refractivity contribution is -0.137. The van der Waals surface area contributed by atoms with Crippen LogP contribution in [0.4, 0.5) is 5.69 Å². The van der Waals surface area contributed by atoms with Crippen molar-refractivity contribution in [1.29, 1.82) is 5.26 Å². The number of nitrogens with zero attached hydrogens (tertiary/aromatic N) is 3. The van der Waals surface area contributed by atoms with E-state index < -0.39 is 5.41 Å². The molecule has 34 heavy (non-hydrogen) atoms. The average molecular weight is 454 g/mol. The van der Waals surface area contributed by atoms with Crippen LogP contribution in [-0.2, 0) is 10.2 Å². The van der Waals surface area contributed by atoms with E-state index in [2.05, 4.69) is 41.2 Å². The van der Waals surface area contributed by atoms with Crippen LogP contribution in [0.15, 0.2) is 36.4 Å². The molecule has 1 amide bonds. The summed E-state index contributed by atoms with van der Waals surface area (Å²) >= 11 is 0. The van der Waals surface area contributed by atoms with Gasteiger partial charge in [0.05, 0.1) is 23.1 Å². The van der Waals surface area contributed by atoms with Crippen LogP contribution in [-0.4, -0.2) is 60.8 Å². The highest BCUT2D eigenvalue weighted by atomic mass is 16.2. The first kappa shape index (κ1) is 20.9. The summed E-state index contributed by atoms with van der Waals surface area (Å²) in [4.78, 5) is 33.9. The molecular formula is C27H27N5O2. The second-order valence-corrected chi connectivity index (χ2v) is 10.1. The van der Waals surface area contributed by atoms with E-state index in [-0.39, 0.29) is 17.6 Å². The Labute approximate surface area is 198 Å². The minimum Gasteiger partial charge on any atom is -0.368 e. The quantitative estimate of drug-likeness (QED) is 0.623. The summed E-state index contributed by atoms with van der Waals surface area (Å²) in [6, 6.07) is 13.8.